The van der Waals surface area contributed by atoms with Gasteiger partial charge in [-0.2, -0.15) is 0 Å². The van der Waals surface area contributed by atoms with E-state index in [0.717, 1.165) is 0 Å². The highest BCUT2D eigenvalue weighted by molar-refractivity contribution is 9.10. The molecule has 3 rings (SSSR count). The van der Waals surface area contributed by atoms with E-state index in [4.69, 9.17) is 0 Å². The molecule has 1 N–H and O–H groups in total. The Labute approximate surface area is 163 Å². The molecule has 0 spiro atoms. The summed E-state index contributed by atoms with van der Waals surface area (Å²) in [7, 11) is 1.32. The van der Waals surface area contributed by atoms with E-state index in [1.807, 2.05) is 0 Å². The first kappa shape index (κ1) is 18.8. The molecule has 0 saturated carbocycles. The Morgan fingerprint density at radius 2 is 1.93 bits per heavy atom. The molecule has 27 heavy (non-hydrogen) atoms. The molecule has 0 radical (unpaired) electrons. The molecule has 0 bridgehead atoms. The first-order valence-electron chi connectivity index (χ1n) is 8.06. The second-order valence-corrected chi connectivity index (χ2v) is 6.59. The first-order chi connectivity index (χ1) is 13.0. The predicted octanol–water partition coefficient (Wildman–Crippen LogP) is 4.33. The minimum atomic E-state index is -0.414. The topological polar surface area (TPSA) is 60.3 Å². The van der Waals surface area contributed by atoms with Crippen molar-refractivity contribution in [3.63, 3.8) is 0 Å². The number of halogens is 2. The first-order valence-corrected chi connectivity index (χ1v) is 8.86. The van der Waals surface area contributed by atoms with Crippen molar-refractivity contribution in [2.45, 2.75) is 6.54 Å². The summed E-state index contributed by atoms with van der Waals surface area (Å²) in [5.41, 5.74) is 2.19. The molecule has 5 nitrogen and oxygen atoms in total. The summed E-state index contributed by atoms with van der Waals surface area (Å²) in [5, 5.41) is 3.13. The van der Waals surface area contributed by atoms with E-state index in [-0.39, 0.29) is 17.9 Å². The molecule has 3 aromatic rings. The summed E-state index contributed by atoms with van der Waals surface area (Å²) in [6.07, 6.45) is 1.64. The van der Waals surface area contributed by atoms with E-state index >= 15 is 0 Å². The fraction of sp³-hybridized carbons (Fsp3) is 0.100. The van der Waals surface area contributed by atoms with Gasteiger partial charge in [0, 0.05) is 11.9 Å². The standard InChI is InChI=1S/C20H16BrFN2O3/c1-27-20(26)14-5-7-16(8-6-14)23-17-9-10-24(19(25)18(17)21)12-13-3-2-4-15(22)11-13/h2-11,23H,12H2,1H3. The molecule has 2 aromatic carbocycles. The fourth-order valence-corrected chi connectivity index (χ4v) is 3.02. The molecule has 1 aromatic heterocycles. The average molecular weight is 431 g/mol. The van der Waals surface area contributed by atoms with E-state index in [9.17, 15) is 14.0 Å². The van der Waals surface area contributed by atoms with Crippen molar-refractivity contribution in [3.05, 3.63) is 92.6 Å². The third-order valence-electron chi connectivity index (χ3n) is 3.93. The highest BCUT2D eigenvalue weighted by Gasteiger charge is 2.10. The molecule has 0 amide bonds. The van der Waals surface area contributed by atoms with Crippen LogP contribution in [0.5, 0.6) is 0 Å². The van der Waals surface area contributed by atoms with Crippen molar-refractivity contribution in [3.8, 4) is 0 Å². The number of benzene rings is 2. The number of esters is 1. The summed E-state index contributed by atoms with van der Waals surface area (Å²) < 4.78 is 19.8. The van der Waals surface area contributed by atoms with Gasteiger partial charge in [-0.05, 0) is 64.0 Å². The molecular formula is C20H16BrFN2O3. The van der Waals surface area contributed by atoms with Gasteiger partial charge < -0.3 is 14.6 Å². The number of nitrogens with one attached hydrogen (secondary N) is 1. The van der Waals surface area contributed by atoms with E-state index in [1.165, 1.54) is 23.8 Å². The number of carbonyl (C=O) groups excluding carboxylic acids is 1. The Morgan fingerprint density at radius 3 is 2.59 bits per heavy atom. The summed E-state index contributed by atoms with van der Waals surface area (Å²) in [5.74, 6) is -0.754. The van der Waals surface area contributed by atoms with Crippen LogP contribution in [-0.2, 0) is 11.3 Å². The smallest absolute Gasteiger partial charge is 0.337 e. The van der Waals surface area contributed by atoms with Crippen LogP contribution < -0.4 is 10.9 Å². The molecule has 0 saturated heterocycles. The number of rotatable bonds is 5. The Balaban J connectivity index is 1.80. The lowest BCUT2D eigenvalue weighted by atomic mass is 10.2. The minimum absolute atomic E-state index is 0.240. The second kappa shape index (κ2) is 8.18. The molecule has 0 aliphatic rings. The maximum Gasteiger partial charge on any atom is 0.337 e. The maximum absolute atomic E-state index is 13.3. The largest absolute Gasteiger partial charge is 0.465 e. The monoisotopic (exact) mass is 430 g/mol. The van der Waals surface area contributed by atoms with Crippen molar-refractivity contribution >= 4 is 33.3 Å². The van der Waals surface area contributed by atoms with Crippen LogP contribution in [0, 0.1) is 5.82 Å². The molecule has 0 aliphatic heterocycles. The lowest BCUT2D eigenvalue weighted by Gasteiger charge is -2.12. The quantitative estimate of drug-likeness (QED) is 0.612. The van der Waals surface area contributed by atoms with Crippen molar-refractivity contribution in [2.75, 3.05) is 12.4 Å². The Kier molecular flexibility index (Phi) is 5.71. The van der Waals surface area contributed by atoms with Gasteiger partial charge in [-0.1, -0.05) is 12.1 Å². The number of hydrogen-bond donors (Lipinski definition) is 1. The zero-order chi connectivity index (χ0) is 19.4. The number of hydrogen-bond acceptors (Lipinski definition) is 4. The number of ether oxygens (including phenoxy) is 1. The molecule has 1 heterocycles. The normalized spacial score (nSPS) is 10.5. The van der Waals surface area contributed by atoms with Gasteiger partial charge in [0.25, 0.3) is 5.56 Å². The van der Waals surface area contributed by atoms with E-state index in [0.29, 0.717) is 27.0 Å². The third kappa shape index (κ3) is 4.43. The number of anilines is 2. The van der Waals surface area contributed by atoms with Crippen LogP contribution in [-0.4, -0.2) is 17.6 Å². The van der Waals surface area contributed by atoms with Gasteiger partial charge in [-0.3, -0.25) is 4.79 Å². The van der Waals surface area contributed by atoms with Gasteiger partial charge in [-0.15, -0.1) is 0 Å². The summed E-state index contributed by atoms with van der Waals surface area (Å²) in [4.78, 5) is 24.0. The van der Waals surface area contributed by atoms with Gasteiger partial charge in [0.1, 0.15) is 10.3 Å². The summed E-state index contributed by atoms with van der Waals surface area (Å²) in [6.45, 7) is 0.267. The molecule has 0 fully saturated rings. The highest BCUT2D eigenvalue weighted by atomic mass is 79.9. The number of carbonyl (C=O) groups is 1. The Bertz CT molecular complexity index is 1030. The third-order valence-corrected chi connectivity index (χ3v) is 4.70. The number of pyridine rings is 1. The number of aromatic nitrogens is 1. The number of methoxy groups -OCH3 is 1. The van der Waals surface area contributed by atoms with Crippen molar-refractivity contribution < 1.29 is 13.9 Å². The van der Waals surface area contributed by atoms with Gasteiger partial charge in [0.15, 0.2) is 0 Å². The second-order valence-electron chi connectivity index (χ2n) is 5.80. The van der Waals surface area contributed by atoms with Gasteiger partial charge in [-0.25, -0.2) is 9.18 Å². The minimum Gasteiger partial charge on any atom is -0.465 e. The van der Waals surface area contributed by atoms with Crippen LogP contribution in [0.1, 0.15) is 15.9 Å². The van der Waals surface area contributed by atoms with Crippen LogP contribution in [0.2, 0.25) is 0 Å². The summed E-state index contributed by atoms with van der Waals surface area (Å²) in [6, 6.07) is 14.6. The van der Waals surface area contributed by atoms with Gasteiger partial charge in [0.05, 0.1) is 24.9 Å². The van der Waals surface area contributed by atoms with Crippen molar-refractivity contribution in [1.29, 1.82) is 0 Å². The Morgan fingerprint density at radius 1 is 1.19 bits per heavy atom. The average Bonchev–Trinajstić information content (AvgIpc) is 2.68. The highest BCUT2D eigenvalue weighted by Crippen LogP contribution is 2.23. The molecule has 0 atom stereocenters. The van der Waals surface area contributed by atoms with Gasteiger partial charge in [0.2, 0.25) is 0 Å². The fourth-order valence-electron chi connectivity index (χ4n) is 2.56. The molecule has 0 unspecified atom stereocenters. The van der Waals surface area contributed by atoms with Gasteiger partial charge >= 0.3 is 5.97 Å². The Hall–Kier alpha value is -2.93. The van der Waals surface area contributed by atoms with Crippen LogP contribution in [0.25, 0.3) is 0 Å². The van der Waals surface area contributed by atoms with Crippen LogP contribution in [0.3, 0.4) is 0 Å². The zero-order valence-corrected chi connectivity index (χ0v) is 16.0. The molecule has 0 aliphatic carbocycles. The van der Waals surface area contributed by atoms with Crippen molar-refractivity contribution in [2.24, 2.45) is 0 Å². The summed E-state index contributed by atoms with van der Waals surface area (Å²) >= 11 is 3.32. The maximum atomic E-state index is 13.3. The SMILES string of the molecule is COC(=O)c1ccc(Nc2ccn(Cc3cccc(F)c3)c(=O)c2Br)cc1. The molecule has 7 heteroatoms. The van der Waals surface area contributed by atoms with Crippen LogP contribution in [0.4, 0.5) is 15.8 Å². The van der Waals surface area contributed by atoms with Crippen molar-refractivity contribution in [1.82, 2.24) is 4.57 Å². The predicted molar refractivity (Wildman–Crippen MR) is 105 cm³/mol. The zero-order valence-electron chi connectivity index (χ0n) is 14.4. The van der Waals surface area contributed by atoms with E-state index in [1.54, 1.807) is 48.7 Å². The number of nitrogens with zero attached hydrogens (tertiary/aromatic N) is 1. The van der Waals surface area contributed by atoms with E-state index in [2.05, 4.69) is 26.0 Å². The molecule has 138 valence electrons. The lowest BCUT2D eigenvalue weighted by molar-refractivity contribution is 0.0601. The van der Waals surface area contributed by atoms with Crippen LogP contribution >= 0.6 is 15.9 Å². The molecular weight excluding hydrogens is 415 g/mol. The lowest BCUT2D eigenvalue weighted by Crippen LogP contribution is -2.21. The van der Waals surface area contributed by atoms with E-state index < -0.39 is 5.97 Å². The van der Waals surface area contributed by atoms with Crippen LogP contribution in [0.15, 0.2) is 70.1 Å².